The van der Waals surface area contributed by atoms with Crippen LogP contribution in [0.15, 0.2) is 54.6 Å². The van der Waals surface area contributed by atoms with Crippen molar-refractivity contribution >= 4 is 17.5 Å². The minimum Gasteiger partial charge on any atom is -0.497 e. The van der Waals surface area contributed by atoms with Crippen LogP contribution in [0.1, 0.15) is 33.4 Å². The maximum atomic E-state index is 14.5. The lowest BCUT2D eigenvalue weighted by Gasteiger charge is -2.43. The highest BCUT2D eigenvalue weighted by Crippen LogP contribution is 2.47. The number of carbonyl (C=O) groups excluding carboxylic acids is 2. The number of anilines is 1. The smallest absolute Gasteiger partial charge is 0.254 e. The minimum atomic E-state index is -0.687. The van der Waals surface area contributed by atoms with Crippen molar-refractivity contribution in [2.75, 3.05) is 73.7 Å². The Bertz CT molecular complexity index is 1450. The van der Waals surface area contributed by atoms with Crippen molar-refractivity contribution in [3.8, 4) is 28.7 Å². The van der Waals surface area contributed by atoms with E-state index >= 15 is 0 Å². The molecule has 5 rings (SSSR count). The molecule has 42 heavy (non-hydrogen) atoms. The molecule has 0 N–H and O–H groups in total. The summed E-state index contributed by atoms with van der Waals surface area (Å²) in [7, 11) is 9.58. The molecule has 1 fully saturated rings. The van der Waals surface area contributed by atoms with E-state index in [1.807, 2.05) is 41.3 Å². The molecule has 0 unspecified atom stereocenters. The second-order valence-corrected chi connectivity index (χ2v) is 10.3. The van der Waals surface area contributed by atoms with E-state index in [9.17, 15) is 9.59 Å². The summed E-state index contributed by atoms with van der Waals surface area (Å²) in [6.07, 6.45) is 0. The molecule has 0 spiro atoms. The average molecular weight is 576 g/mol. The summed E-state index contributed by atoms with van der Waals surface area (Å²) in [5.41, 5.74) is 2.87. The first-order chi connectivity index (χ1) is 20.3. The highest BCUT2D eigenvalue weighted by molar-refractivity contribution is 6.02. The molecule has 10 nitrogen and oxygen atoms in total. The van der Waals surface area contributed by atoms with Crippen LogP contribution in [0.4, 0.5) is 5.69 Å². The lowest BCUT2D eigenvalue weighted by Crippen LogP contribution is -2.53. The number of hydrogen-bond donors (Lipinski definition) is 0. The van der Waals surface area contributed by atoms with Gasteiger partial charge < -0.3 is 38.4 Å². The molecule has 2 atom stereocenters. The van der Waals surface area contributed by atoms with Gasteiger partial charge in [0, 0.05) is 44.5 Å². The fourth-order valence-corrected chi connectivity index (χ4v) is 5.94. The Kier molecular flexibility index (Phi) is 8.33. The Balaban J connectivity index is 1.53. The summed E-state index contributed by atoms with van der Waals surface area (Å²) >= 11 is 0. The van der Waals surface area contributed by atoms with Crippen LogP contribution >= 0.6 is 0 Å². The number of carbonyl (C=O) groups is 2. The summed E-state index contributed by atoms with van der Waals surface area (Å²) in [5, 5.41) is 0. The van der Waals surface area contributed by atoms with Gasteiger partial charge in [0.05, 0.1) is 47.5 Å². The fraction of sp³-hybridized carbons (Fsp3) is 0.375. The van der Waals surface area contributed by atoms with Crippen LogP contribution < -0.4 is 28.6 Å². The van der Waals surface area contributed by atoms with Crippen molar-refractivity contribution in [2.45, 2.75) is 12.0 Å². The molecule has 2 heterocycles. The Morgan fingerprint density at radius 1 is 0.714 bits per heavy atom. The van der Waals surface area contributed by atoms with Gasteiger partial charge in [-0.15, -0.1) is 0 Å². The van der Waals surface area contributed by atoms with Crippen LogP contribution in [0.2, 0.25) is 0 Å². The van der Waals surface area contributed by atoms with Crippen LogP contribution in [-0.4, -0.2) is 90.4 Å². The van der Waals surface area contributed by atoms with E-state index < -0.39 is 12.0 Å². The first kappa shape index (κ1) is 28.9. The monoisotopic (exact) mass is 575 g/mol. The molecule has 2 amide bonds. The van der Waals surface area contributed by atoms with Crippen molar-refractivity contribution in [1.29, 1.82) is 0 Å². The standard InChI is InChI=1S/C32H37N3O7/c1-33-30(20-7-12-25(39-3)26(17-20)40-4)29(23-18-27(41-5)28(42-6)19-24(23)31(33)36)32(37)35-15-13-34(14-16-35)21-8-10-22(38-2)11-9-21/h7-12,17-19,29-30H,13-16H2,1-6H3/t29-,30-/m0/s1. The van der Waals surface area contributed by atoms with E-state index in [1.165, 1.54) is 7.11 Å². The molecule has 0 aliphatic carbocycles. The molecule has 0 aromatic heterocycles. The summed E-state index contributed by atoms with van der Waals surface area (Å²) in [6, 6.07) is 16.3. The van der Waals surface area contributed by atoms with Crippen LogP contribution in [-0.2, 0) is 4.79 Å². The number of ether oxygens (including phenoxy) is 5. The van der Waals surface area contributed by atoms with Gasteiger partial charge in [-0.25, -0.2) is 0 Å². The summed E-state index contributed by atoms with van der Waals surface area (Å²) in [6.45, 7) is 2.44. The van der Waals surface area contributed by atoms with Gasteiger partial charge in [-0.3, -0.25) is 9.59 Å². The van der Waals surface area contributed by atoms with E-state index in [4.69, 9.17) is 23.7 Å². The van der Waals surface area contributed by atoms with Crippen LogP contribution in [0, 0.1) is 0 Å². The third kappa shape index (κ3) is 5.13. The largest absolute Gasteiger partial charge is 0.497 e. The molecule has 0 saturated carbocycles. The first-order valence-corrected chi connectivity index (χ1v) is 13.8. The van der Waals surface area contributed by atoms with Crippen LogP contribution in [0.3, 0.4) is 0 Å². The zero-order valence-electron chi connectivity index (χ0n) is 24.9. The highest BCUT2D eigenvalue weighted by Gasteiger charge is 2.45. The lowest BCUT2D eigenvalue weighted by molar-refractivity contribution is -0.134. The molecular formula is C32H37N3O7. The SMILES string of the molecule is COc1ccc(N2CCN(C(=O)[C@H]3c4cc(OC)c(OC)cc4C(=O)N(C)[C@H]3c3ccc(OC)c(OC)c3)CC2)cc1. The number of fused-ring (bicyclic) bond motifs is 1. The maximum Gasteiger partial charge on any atom is 0.254 e. The number of piperazine rings is 1. The fourth-order valence-electron chi connectivity index (χ4n) is 5.94. The topological polar surface area (TPSA) is 90.0 Å². The van der Waals surface area contributed by atoms with Crippen molar-refractivity contribution < 1.29 is 33.3 Å². The van der Waals surface area contributed by atoms with Gasteiger partial charge in [0.2, 0.25) is 5.91 Å². The Morgan fingerprint density at radius 2 is 1.31 bits per heavy atom. The molecular weight excluding hydrogens is 538 g/mol. The minimum absolute atomic E-state index is 0.0583. The van der Waals surface area contributed by atoms with Crippen LogP contribution in [0.25, 0.3) is 0 Å². The predicted octanol–water partition coefficient (Wildman–Crippen LogP) is 3.99. The molecule has 222 valence electrons. The van der Waals surface area contributed by atoms with E-state index in [1.54, 1.807) is 58.6 Å². The number of benzene rings is 3. The van der Waals surface area contributed by atoms with E-state index in [0.717, 1.165) is 17.0 Å². The van der Waals surface area contributed by atoms with Crippen LogP contribution in [0.5, 0.6) is 28.7 Å². The number of amides is 2. The average Bonchev–Trinajstić information content (AvgIpc) is 3.05. The van der Waals surface area contributed by atoms with Gasteiger partial charge in [0.1, 0.15) is 5.75 Å². The quantitative estimate of drug-likeness (QED) is 0.399. The summed E-state index contributed by atoms with van der Waals surface area (Å²) < 4.78 is 27.4. The Morgan fingerprint density at radius 3 is 1.90 bits per heavy atom. The molecule has 1 saturated heterocycles. The Hall–Kier alpha value is -4.60. The molecule has 3 aromatic rings. The van der Waals surface area contributed by atoms with Crippen molar-refractivity contribution in [3.05, 3.63) is 71.3 Å². The van der Waals surface area contributed by atoms with Crippen molar-refractivity contribution in [3.63, 3.8) is 0 Å². The van der Waals surface area contributed by atoms with E-state index in [0.29, 0.717) is 60.3 Å². The van der Waals surface area contributed by atoms with Gasteiger partial charge in [-0.05, 0) is 59.7 Å². The number of methoxy groups -OCH3 is 5. The number of hydrogen-bond acceptors (Lipinski definition) is 8. The zero-order chi connectivity index (χ0) is 30.0. The van der Waals surface area contributed by atoms with Crippen molar-refractivity contribution in [1.82, 2.24) is 9.80 Å². The lowest BCUT2D eigenvalue weighted by atomic mass is 9.78. The third-order valence-corrected chi connectivity index (χ3v) is 8.22. The number of likely N-dealkylation sites (N-methyl/N-ethyl adjacent to an activating group) is 1. The number of rotatable bonds is 8. The summed E-state index contributed by atoms with van der Waals surface area (Å²) in [5.74, 6) is 1.83. The predicted molar refractivity (Wildman–Crippen MR) is 158 cm³/mol. The maximum absolute atomic E-state index is 14.5. The molecule has 2 aliphatic heterocycles. The number of nitrogens with zero attached hydrogens (tertiary/aromatic N) is 3. The van der Waals surface area contributed by atoms with Gasteiger partial charge >= 0.3 is 0 Å². The molecule has 2 aliphatic rings. The molecule has 0 bridgehead atoms. The second-order valence-electron chi connectivity index (χ2n) is 10.3. The van der Waals surface area contributed by atoms with E-state index in [-0.39, 0.29) is 11.8 Å². The molecule has 10 heteroatoms. The van der Waals surface area contributed by atoms with Gasteiger partial charge in [0.15, 0.2) is 23.0 Å². The second kappa shape index (κ2) is 12.1. The first-order valence-electron chi connectivity index (χ1n) is 13.8. The molecule has 3 aromatic carbocycles. The third-order valence-electron chi connectivity index (χ3n) is 8.22. The Labute approximate surface area is 246 Å². The normalized spacial score (nSPS) is 18.3. The van der Waals surface area contributed by atoms with Gasteiger partial charge in [0.25, 0.3) is 5.91 Å². The zero-order valence-corrected chi connectivity index (χ0v) is 24.9. The van der Waals surface area contributed by atoms with E-state index in [2.05, 4.69) is 4.90 Å². The van der Waals surface area contributed by atoms with Gasteiger partial charge in [-0.2, -0.15) is 0 Å². The highest BCUT2D eigenvalue weighted by atomic mass is 16.5. The van der Waals surface area contributed by atoms with Crippen molar-refractivity contribution in [2.24, 2.45) is 0 Å². The molecule has 0 radical (unpaired) electrons. The van der Waals surface area contributed by atoms with Gasteiger partial charge in [-0.1, -0.05) is 6.07 Å². The summed E-state index contributed by atoms with van der Waals surface area (Å²) in [4.78, 5) is 34.1.